The molecule has 2 rings (SSSR count). The minimum atomic E-state index is -0.309. The van der Waals surface area contributed by atoms with Gasteiger partial charge in [0.2, 0.25) is 5.91 Å². The molecule has 0 aliphatic carbocycles. The number of aryl methyl sites for hydroxylation is 1. The van der Waals surface area contributed by atoms with Crippen LogP contribution >= 0.6 is 11.3 Å². The Balaban J connectivity index is 2.06. The molecular weight excluding hydrogens is 244 g/mol. The first kappa shape index (κ1) is 12.6. The highest BCUT2D eigenvalue weighted by atomic mass is 32.1. The van der Waals surface area contributed by atoms with Gasteiger partial charge in [-0.25, -0.2) is 0 Å². The summed E-state index contributed by atoms with van der Waals surface area (Å²) < 4.78 is 0. The van der Waals surface area contributed by atoms with E-state index < -0.39 is 0 Å². The molecule has 0 spiro atoms. The average Bonchev–Trinajstić information content (AvgIpc) is 2.73. The van der Waals surface area contributed by atoms with E-state index in [0.717, 1.165) is 17.8 Å². The maximum atomic E-state index is 11.0. The lowest BCUT2D eigenvalue weighted by Crippen LogP contribution is -2.15. The highest BCUT2D eigenvalue weighted by Crippen LogP contribution is 2.19. The molecule has 0 aliphatic heterocycles. The van der Waals surface area contributed by atoms with E-state index >= 15 is 0 Å². The van der Waals surface area contributed by atoms with Gasteiger partial charge >= 0.3 is 0 Å². The van der Waals surface area contributed by atoms with Gasteiger partial charge in [-0.05, 0) is 30.7 Å². The second-order valence-electron chi connectivity index (χ2n) is 4.17. The van der Waals surface area contributed by atoms with Crippen molar-refractivity contribution in [2.24, 2.45) is 5.73 Å². The van der Waals surface area contributed by atoms with Gasteiger partial charge in [0.05, 0.1) is 6.42 Å². The minimum absolute atomic E-state index is 0.270. The molecule has 94 valence electrons. The van der Waals surface area contributed by atoms with E-state index in [1.54, 1.807) is 11.3 Å². The Morgan fingerprint density at radius 2 is 2.06 bits per heavy atom. The molecule has 1 amide bonds. The van der Waals surface area contributed by atoms with Crippen molar-refractivity contribution in [3.05, 3.63) is 51.7 Å². The van der Waals surface area contributed by atoms with Gasteiger partial charge in [-0.1, -0.05) is 18.2 Å². The first-order chi connectivity index (χ1) is 8.65. The molecule has 3 nitrogen and oxygen atoms in total. The summed E-state index contributed by atoms with van der Waals surface area (Å²) in [6.07, 6.45) is 0.270. The van der Waals surface area contributed by atoms with Crippen LogP contribution in [0.2, 0.25) is 0 Å². The van der Waals surface area contributed by atoms with Crippen molar-refractivity contribution in [2.75, 3.05) is 5.32 Å². The lowest BCUT2D eigenvalue weighted by molar-refractivity contribution is -0.117. The predicted molar refractivity (Wildman–Crippen MR) is 75.7 cm³/mol. The summed E-state index contributed by atoms with van der Waals surface area (Å²) in [5, 5.41) is 3.35. The van der Waals surface area contributed by atoms with E-state index in [0.29, 0.717) is 0 Å². The molecule has 1 aromatic heterocycles. The van der Waals surface area contributed by atoms with Gasteiger partial charge < -0.3 is 11.1 Å². The zero-order valence-corrected chi connectivity index (χ0v) is 11.1. The van der Waals surface area contributed by atoms with Crippen LogP contribution < -0.4 is 11.1 Å². The molecule has 4 heteroatoms. The van der Waals surface area contributed by atoms with Crippen LogP contribution in [0.15, 0.2) is 36.4 Å². The van der Waals surface area contributed by atoms with Crippen molar-refractivity contribution in [1.82, 2.24) is 0 Å². The Hall–Kier alpha value is -1.81. The maximum Gasteiger partial charge on any atom is 0.221 e. The molecular formula is C14H16N2OS. The summed E-state index contributed by atoms with van der Waals surface area (Å²) in [7, 11) is 0. The van der Waals surface area contributed by atoms with Crippen LogP contribution in [-0.4, -0.2) is 5.91 Å². The van der Waals surface area contributed by atoms with Crippen molar-refractivity contribution in [3.8, 4) is 0 Å². The summed E-state index contributed by atoms with van der Waals surface area (Å²) >= 11 is 1.77. The summed E-state index contributed by atoms with van der Waals surface area (Å²) in [6.45, 7) is 2.86. The number of thiophene rings is 1. The number of amides is 1. The molecule has 2 aromatic rings. The van der Waals surface area contributed by atoms with Crippen molar-refractivity contribution < 1.29 is 4.79 Å². The van der Waals surface area contributed by atoms with E-state index in [9.17, 15) is 4.79 Å². The van der Waals surface area contributed by atoms with E-state index in [1.807, 2.05) is 24.3 Å². The summed E-state index contributed by atoms with van der Waals surface area (Å²) in [4.78, 5) is 13.6. The summed E-state index contributed by atoms with van der Waals surface area (Å²) in [6, 6.07) is 12.0. The van der Waals surface area contributed by atoms with Crippen LogP contribution in [0.5, 0.6) is 0 Å². The van der Waals surface area contributed by atoms with Gasteiger partial charge in [-0.3, -0.25) is 4.79 Å². The van der Waals surface area contributed by atoms with E-state index in [-0.39, 0.29) is 12.3 Å². The molecule has 0 aliphatic rings. The minimum Gasteiger partial charge on any atom is -0.380 e. The molecule has 0 saturated carbocycles. The third-order valence-corrected chi connectivity index (χ3v) is 3.63. The number of carbonyl (C=O) groups excluding carboxylic acids is 1. The van der Waals surface area contributed by atoms with Gasteiger partial charge in [0.15, 0.2) is 0 Å². The number of hydrogen-bond acceptors (Lipinski definition) is 3. The van der Waals surface area contributed by atoms with Gasteiger partial charge in [0, 0.05) is 22.0 Å². The fraction of sp³-hybridized carbons (Fsp3) is 0.214. The Morgan fingerprint density at radius 1 is 1.28 bits per heavy atom. The van der Waals surface area contributed by atoms with Gasteiger partial charge in [0.25, 0.3) is 0 Å². The SMILES string of the molecule is Cc1ccc(CNc2ccccc2CC(N)=O)s1. The highest BCUT2D eigenvalue weighted by Gasteiger charge is 2.05. The van der Waals surface area contributed by atoms with Crippen molar-refractivity contribution in [2.45, 2.75) is 19.9 Å². The number of para-hydroxylation sites is 1. The fourth-order valence-electron chi connectivity index (χ4n) is 1.80. The monoisotopic (exact) mass is 260 g/mol. The van der Waals surface area contributed by atoms with Crippen molar-refractivity contribution in [1.29, 1.82) is 0 Å². The largest absolute Gasteiger partial charge is 0.380 e. The second-order valence-corrected chi connectivity index (χ2v) is 5.54. The Labute approximate surface area is 111 Å². The van der Waals surface area contributed by atoms with Crippen LogP contribution in [0.4, 0.5) is 5.69 Å². The topological polar surface area (TPSA) is 55.1 Å². The Kier molecular flexibility index (Phi) is 3.99. The lowest BCUT2D eigenvalue weighted by Gasteiger charge is -2.10. The van der Waals surface area contributed by atoms with Crippen LogP contribution in [0.3, 0.4) is 0 Å². The van der Waals surface area contributed by atoms with Gasteiger partial charge in [0.1, 0.15) is 0 Å². The quantitative estimate of drug-likeness (QED) is 0.868. The van der Waals surface area contributed by atoms with Crippen LogP contribution in [0.25, 0.3) is 0 Å². The molecule has 1 heterocycles. The Bertz CT molecular complexity index is 548. The van der Waals surface area contributed by atoms with E-state index in [1.165, 1.54) is 9.75 Å². The maximum absolute atomic E-state index is 11.0. The third kappa shape index (κ3) is 3.34. The normalized spacial score (nSPS) is 10.3. The second kappa shape index (κ2) is 5.69. The summed E-state index contributed by atoms with van der Waals surface area (Å²) in [5.74, 6) is -0.309. The number of primary amides is 1. The van der Waals surface area contributed by atoms with Crippen LogP contribution in [0.1, 0.15) is 15.3 Å². The number of benzene rings is 1. The average molecular weight is 260 g/mol. The van der Waals surface area contributed by atoms with Crippen molar-refractivity contribution in [3.63, 3.8) is 0 Å². The smallest absolute Gasteiger partial charge is 0.221 e. The van der Waals surface area contributed by atoms with E-state index in [2.05, 4.69) is 24.4 Å². The predicted octanol–water partition coefficient (Wildman–Crippen LogP) is 2.70. The molecule has 0 saturated heterocycles. The summed E-state index contributed by atoms with van der Waals surface area (Å²) in [5.41, 5.74) is 7.16. The zero-order valence-electron chi connectivity index (χ0n) is 10.3. The highest BCUT2D eigenvalue weighted by molar-refractivity contribution is 7.11. The molecule has 0 unspecified atom stereocenters. The lowest BCUT2D eigenvalue weighted by atomic mass is 10.1. The zero-order chi connectivity index (χ0) is 13.0. The van der Waals surface area contributed by atoms with Crippen molar-refractivity contribution >= 4 is 22.9 Å². The third-order valence-electron chi connectivity index (χ3n) is 2.63. The number of rotatable bonds is 5. The molecule has 0 bridgehead atoms. The first-order valence-electron chi connectivity index (χ1n) is 5.80. The molecule has 0 radical (unpaired) electrons. The molecule has 0 atom stereocenters. The molecule has 1 aromatic carbocycles. The Morgan fingerprint density at radius 3 is 2.72 bits per heavy atom. The number of anilines is 1. The first-order valence-corrected chi connectivity index (χ1v) is 6.62. The fourth-order valence-corrected chi connectivity index (χ4v) is 2.63. The number of carbonyl (C=O) groups is 1. The van der Waals surface area contributed by atoms with E-state index in [4.69, 9.17) is 5.73 Å². The molecule has 3 N–H and O–H groups in total. The standard InChI is InChI=1S/C14H16N2OS/c1-10-6-7-12(18-10)9-16-13-5-3-2-4-11(13)8-14(15)17/h2-7,16H,8-9H2,1H3,(H2,15,17). The molecule has 18 heavy (non-hydrogen) atoms. The number of hydrogen-bond donors (Lipinski definition) is 2. The van der Waals surface area contributed by atoms with Gasteiger partial charge in [-0.15, -0.1) is 11.3 Å². The van der Waals surface area contributed by atoms with Crippen LogP contribution in [0, 0.1) is 6.92 Å². The number of nitrogens with one attached hydrogen (secondary N) is 1. The number of nitrogens with two attached hydrogens (primary N) is 1. The van der Waals surface area contributed by atoms with Gasteiger partial charge in [-0.2, -0.15) is 0 Å². The molecule has 0 fully saturated rings. The van der Waals surface area contributed by atoms with Crippen LogP contribution in [-0.2, 0) is 17.8 Å².